The van der Waals surface area contributed by atoms with Crippen LogP contribution in [0.5, 0.6) is 11.5 Å². The normalized spacial score (nSPS) is 10.1. The first kappa shape index (κ1) is 12.1. The molecule has 0 atom stereocenters. The molecule has 1 aromatic heterocycles. The quantitative estimate of drug-likeness (QED) is 0.899. The van der Waals surface area contributed by atoms with Gasteiger partial charge < -0.3 is 9.84 Å². The van der Waals surface area contributed by atoms with Crippen molar-refractivity contribution in [1.29, 1.82) is 0 Å². The van der Waals surface area contributed by atoms with Crippen LogP contribution in [0.4, 0.5) is 0 Å². The Balaban J connectivity index is 2.42. The van der Waals surface area contributed by atoms with Crippen molar-refractivity contribution in [3.63, 3.8) is 0 Å². The Labute approximate surface area is 105 Å². The molecular weight excluding hydrogens is 230 g/mol. The lowest BCUT2D eigenvalue weighted by Gasteiger charge is -2.11. The Hall–Kier alpha value is -2.36. The smallest absolute Gasteiger partial charge is 0.339 e. The SMILES string of the molecule is Cc1ccc(C(=O)O)c(Oc2ccncc2C)c1. The predicted octanol–water partition coefficient (Wildman–Crippen LogP) is 3.19. The van der Waals surface area contributed by atoms with Gasteiger partial charge in [0.2, 0.25) is 0 Å². The van der Waals surface area contributed by atoms with E-state index in [0.717, 1.165) is 11.1 Å². The van der Waals surface area contributed by atoms with Crippen LogP contribution in [-0.2, 0) is 0 Å². The second-order valence-corrected chi connectivity index (χ2v) is 4.05. The van der Waals surface area contributed by atoms with Gasteiger partial charge in [-0.2, -0.15) is 0 Å². The van der Waals surface area contributed by atoms with E-state index in [1.165, 1.54) is 0 Å². The summed E-state index contributed by atoms with van der Waals surface area (Å²) < 4.78 is 5.66. The molecule has 0 fully saturated rings. The first-order valence-electron chi connectivity index (χ1n) is 5.50. The zero-order valence-electron chi connectivity index (χ0n) is 10.2. The van der Waals surface area contributed by atoms with E-state index < -0.39 is 5.97 Å². The summed E-state index contributed by atoms with van der Waals surface area (Å²) in [7, 11) is 0. The number of hydrogen-bond acceptors (Lipinski definition) is 3. The predicted molar refractivity (Wildman–Crippen MR) is 67.2 cm³/mol. The number of aryl methyl sites for hydroxylation is 2. The fourth-order valence-electron chi connectivity index (χ4n) is 1.58. The van der Waals surface area contributed by atoms with Gasteiger partial charge in [0.1, 0.15) is 17.1 Å². The molecule has 2 aromatic rings. The molecule has 0 radical (unpaired) electrons. The van der Waals surface area contributed by atoms with Gasteiger partial charge in [0.05, 0.1) is 0 Å². The molecule has 4 heteroatoms. The van der Waals surface area contributed by atoms with Crippen molar-refractivity contribution in [1.82, 2.24) is 4.98 Å². The molecule has 0 aliphatic carbocycles. The van der Waals surface area contributed by atoms with E-state index in [9.17, 15) is 4.79 Å². The fraction of sp³-hybridized carbons (Fsp3) is 0.143. The fourth-order valence-corrected chi connectivity index (χ4v) is 1.58. The zero-order valence-corrected chi connectivity index (χ0v) is 10.2. The number of rotatable bonds is 3. The summed E-state index contributed by atoms with van der Waals surface area (Å²) in [6.45, 7) is 3.75. The molecular formula is C14H13NO3. The van der Waals surface area contributed by atoms with Crippen molar-refractivity contribution in [2.75, 3.05) is 0 Å². The summed E-state index contributed by atoms with van der Waals surface area (Å²) in [6.07, 6.45) is 3.28. The first-order chi connectivity index (χ1) is 8.58. The number of carboxylic acids is 1. The van der Waals surface area contributed by atoms with Gasteiger partial charge in [0, 0.05) is 18.0 Å². The standard InChI is InChI=1S/C14H13NO3/c1-9-3-4-11(14(16)17)13(7-9)18-12-5-6-15-8-10(12)2/h3-8H,1-2H3,(H,16,17). The molecule has 0 saturated carbocycles. The molecule has 1 heterocycles. The summed E-state index contributed by atoms with van der Waals surface area (Å²) >= 11 is 0. The second kappa shape index (κ2) is 4.87. The number of aromatic nitrogens is 1. The lowest BCUT2D eigenvalue weighted by molar-refractivity contribution is 0.0694. The van der Waals surface area contributed by atoms with E-state index in [2.05, 4.69) is 4.98 Å². The maximum absolute atomic E-state index is 11.1. The molecule has 0 amide bonds. The summed E-state index contributed by atoms with van der Waals surface area (Å²) in [5, 5.41) is 9.11. The highest BCUT2D eigenvalue weighted by Gasteiger charge is 2.12. The molecule has 0 spiro atoms. The van der Waals surface area contributed by atoms with Crippen molar-refractivity contribution >= 4 is 5.97 Å². The van der Waals surface area contributed by atoms with Crippen LogP contribution in [0.2, 0.25) is 0 Å². The van der Waals surface area contributed by atoms with E-state index in [-0.39, 0.29) is 5.56 Å². The zero-order chi connectivity index (χ0) is 13.1. The molecule has 1 N–H and O–H groups in total. The topological polar surface area (TPSA) is 59.4 Å². The molecule has 92 valence electrons. The van der Waals surface area contributed by atoms with Crippen LogP contribution in [0.3, 0.4) is 0 Å². The van der Waals surface area contributed by atoms with Gasteiger partial charge in [0.25, 0.3) is 0 Å². The highest BCUT2D eigenvalue weighted by Crippen LogP contribution is 2.28. The van der Waals surface area contributed by atoms with Crippen molar-refractivity contribution in [3.05, 3.63) is 53.3 Å². The maximum atomic E-state index is 11.1. The Morgan fingerprint density at radius 2 is 2.00 bits per heavy atom. The number of pyridine rings is 1. The summed E-state index contributed by atoms with van der Waals surface area (Å²) in [6, 6.07) is 6.71. The van der Waals surface area contributed by atoms with Gasteiger partial charge in [-0.15, -0.1) is 0 Å². The lowest BCUT2D eigenvalue weighted by Crippen LogP contribution is -2.01. The molecule has 4 nitrogen and oxygen atoms in total. The Morgan fingerprint density at radius 1 is 1.22 bits per heavy atom. The summed E-state index contributed by atoms with van der Waals surface area (Å²) in [5.41, 5.74) is 1.95. The van der Waals surface area contributed by atoms with Crippen molar-refractivity contribution in [2.24, 2.45) is 0 Å². The maximum Gasteiger partial charge on any atom is 0.339 e. The Bertz CT molecular complexity index is 593. The minimum Gasteiger partial charge on any atom is -0.478 e. The van der Waals surface area contributed by atoms with Crippen molar-refractivity contribution in [2.45, 2.75) is 13.8 Å². The van der Waals surface area contributed by atoms with E-state index >= 15 is 0 Å². The Kier molecular flexibility index (Phi) is 3.28. The van der Waals surface area contributed by atoms with Crippen LogP contribution in [0.1, 0.15) is 21.5 Å². The molecule has 1 aromatic carbocycles. The van der Waals surface area contributed by atoms with Crippen LogP contribution in [0.25, 0.3) is 0 Å². The average molecular weight is 243 g/mol. The van der Waals surface area contributed by atoms with Gasteiger partial charge in [-0.1, -0.05) is 6.07 Å². The Morgan fingerprint density at radius 3 is 2.67 bits per heavy atom. The molecule has 0 saturated heterocycles. The van der Waals surface area contributed by atoms with Gasteiger partial charge >= 0.3 is 5.97 Å². The monoisotopic (exact) mass is 243 g/mol. The van der Waals surface area contributed by atoms with E-state index in [0.29, 0.717) is 11.5 Å². The summed E-state index contributed by atoms with van der Waals surface area (Å²) in [5.74, 6) is -0.0494. The number of benzene rings is 1. The first-order valence-corrected chi connectivity index (χ1v) is 5.50. The third-order valence-electron chi connectivity index (χ3n) is 2.56. The van der Waals surface area contributed by atoms with Gasteiger partial charge in [-0.05, 0) is 37.6 Å². The molecule has 0 unspecified atom stereocenters. The minimum absolute atomic E-state index is 0.150. The highest BCUT2D eigenvalue weighted by atomic mass is 16.5. The van der Waals surface area contributed by atoms with E-state index in [1.807, 2.05) is 13.8 Å². The average Bonchev–Trinajstić information content (AvgIpc) is 2.32. The van der Waals surface area contributed by atoms with Crippen LogP contribution < -0.4 is 4.74 Å². The third-order valence-corrected chi connectivity index (χ3v) is 2.56. The number of nitrogens with zero attached hydrogens (tertiary/aromatic N) is 1. The van der Waals surface area contributed by atoms with Crippen LogP contribution in [0.15, 0.2) is 36.7 Å². The molecule has 18 heavy (non-hydrogen) atoms. The number of carbonyl (C=O) groups is 1. The molecule has 0 aliphatic rings. The summed E-state index contributed by atoms with van der Waals surface area (Å²) in [4.78, 5) is 15.1. The van der Waals surface area contributed by atoms with Crippen LogP contribution in [-0.4, -0.2) is 16.1 Å². The number of hydrogen-bond donors (Lipinski definition) is 1. The lowest BCUT2D eigenvalue weighted by atomic mass is 10.1. The van der Waals surface area contributed by atoms with Crippen molar-refractivity contribution < 1.29 is 14.6 Å². The molecule has 0 aliphatic heterocycles. The van der Waals surface area contributed by atoms with Gasteiger partial charge in [-0.3, -0.25) is 4.98 Å². The molecule has 2 rings (SSSR count). The van der Waals surface area contributed by atoms with E-state index in [4.69, 9.17) is 9.84 Å². The minimum atomic E-state index is -1.00. The van der Waals surface area contributed by atoms with Gasteiger partial charge in [0.15, 0.2) is 0 Å². The van der Waals surface area contributed by atoms with Crippen molar-refractivity contribution in [3.8, 4) is 11.5 Å². The van der Waals surface area contributed by atoms with Crippen LogP contribution >= 0.6 is 0 Å². The van der Waals surface area contributed by atoms with Gasteiger partial charge in [-0.25, -0.2) is 4.79 Å². The number of aromatic carboxylic acids is 1. The molecule has 0 bridgehead atoms. The highest BCUT2D eigenvalue weighted by molar-refractivity contribution is 5.91. The number of ether oxygens (including phenoxy) is 1. The van der Waals surface area contributed by atoms with Crippen LogP contribution in [0, 0.1) is 13.8 Å². The number of carboxylic acid groups (broad SMARTS) is 1. The van der Waals surface area contributed by atoms with E-state index in [1.54, 1.807) is 36.7 Å². The second-order valence-electron chi connectivity index (χ2n) is 4.05. The third kappa shape index (κ3) is 2.48. The largest absolute Gasteiger partial charge is 0.478 e.